The van der Waals surface area contributed by atoms with Gasteiger partial charge in [0.05, 0.1) is 6.61 Å². The monoisotopic (exact) mass is 492 g/mol. The van der Waals surface area contributed by atoms with Crippen molar-refractivity contribution in [3.63, 3.8) is 0 Å². The van der Waals surface area contributed by atoms with Crippen molar-refractivity contribution in [3.8, 4) is 0 Å². The van der Waals surface area contributed by atoms with Gasteiger partial charge in [0.25, 0.3) is 8.32 Å². The van der Waals surface area contributed by atoms with Crippen LogP contribution in [0.3, 0.4) is 0 Å². The van der Waals surface area contributed by atoms with Crippen molar-refractivity contribution >= 4 is 30.9 Å². The van der Waals surface area contributed by atoms with Crippen LogP contribution in [-0.2, 0) is 18.8 Å². The van der Waals surface area contributed by atoms with Gasteiger partial charge in [-0.1, -0.05) is 106 Å². The molecular formula is C30H40O4Si. The first-order valence-corrected chi connectivity index (χ1v) is 14.1. The largest absolute Gasteiger partial charge is 0.462 e. The topological polar surface area (TPSA) is 52.6 Å². The third-order valence-electron chi connectivity index (χ3n) is 6.26. The van der Waals surface area contributed by atoms with E-state index in [2.05, 4.69) is 82.3 Å². The van der Waals surface area contributed by atoms with E-state index in [1.807, 2.05) is 26.0 Å². The fourth-order valence-electron chi connectivity index (χ4n) is 4.64. The number of benzene rings is 2. The lowest BCUT2D eigenvalue weighted by molar-refractivity contribution is -0.147. The number of esters is 1. The van der Waals surface area contributed by atoms with E-state index in [4.69, 9.17) is 9.16 Å². The number of carbonyl (C=O) groups is 2. The van der Waals surface area contributed by atoms with Crippen LogP contribution in [0.15, 0.2) is 84.0 Å². The average molecular weight is 493 g/mol. The van der Waals surface area contributed by atoms with E-state index in [0.717, 1.165) is 17.4 Å². The molecule has 0 saturated heterocycles. The molecule has 0 aliphatic rings. The first-order valence-electron chi connectivity index (χ1n) is 12.2. The van der Waals surface area contributed by atoms with Gasteiger partial charge in [-0.15, -0.1) is 0 Å². The summed E-state index contributed by atoms with van der Waals surface area (Å²) in [5, 5.41) is 2.39. The number of ether oxygens (including phenoxy) is 1. The lowest BCUT2D eigenvalue weighted by Gasteiger charge is -2.43. The van der Waals surface area contributed by atoms with E-state index in [1.165, 1.54) is 23.4 Å². The highest BCUT2D eigenvalue weighted by molar-refractivity contribution is 6.99. The van der Waals surface area contributed by atoms with Gasteiger partial charge in [-0.2, -0.15) is 0 Å². The second-order valence-corrected chi connectivity index (χ2v) is 14.6. The van der Waals surface area contributed by atoms with E-state index in [9.17, 15) is 9.59 Å². The van der Waals surface area contributed by atoms with Gasteiger partial charge in [0.15, 0.2) is 0 Å². The number of rotatable bonds is 11. The van der Waals surface area contributed by atoms with Crippen LogP contribution in [0.5, 0.6) is 0 Å². The highest BCUT2D eigenvalue weighted by atomic mass is 28.4. The summed E-state index contributed by atoms with van der Waals surface area (Å²) in [7, 11) is -2.63. The van der Waals surface area contributed by atoms with Gasteiger partial charge >= 0.3 is 5.97 Å². The lowest BCUT2D eigenvalue weighted by Crippen LogP contribution is -2.66. The van der Waals surface area contributed by atoms with Crippen molar-refractivity contribution in [1.29, 1.82) is 0 Å². The summed E-state index contributed by atoms with van der Waals surface area (Å²) in [4.78, 5) is 22.6. The molecule has 2 rings (SSSR count). The van der Waals surface area contributed by atoms with E-state index >= 15 is 0 Å². The highest BCUT2D eigenvalue weighted by Gasteiger charge is 2.50. The zero-order chi connectivity index (χ0) is 26.1. The molecule has 35 heavy (non-hydrogen) atoms. The van der Waals surface area contributed by atoms with Crippen LogP contribution in [0.25, 0.3) is 0 Å². The molecule has 2 aromatic rings. The molecule has 0 unspecified atom stereocenters. The molecule has 0 fully saturated rings. The number of aldehydes is 1. The summed E-state index contributed by atoms with van der Waals surface area (Å²) < 4.78 is 12.6. The predicted molar refractivity (Wildman–Crippen MR) is 146 cm³/mol. The zero-order valence-electron chi connectivity index (χ0n) is 22.2. The highest BCUT2D eigenvalue weighted by Crippen LogP contribution is 2.37. The molecule has 0 radical (unpaired) electrons. The molecule has 0 aliphatic carbocycles. The molecule has 188 valence electrons. The van der Waals surface area contributed by atoms with Gasteiger partial charge in [-0.3, -0.25) is 9.59 Å². The maximum absolute atomic E-state index is 11.7. The second-order valence-electron chi connectivity index (χ2n) is 10.3. The second kappa shape index (κ2) is 12.8. The van der Waals surface area contributed by atoms with E-state index in [-0.39, 0.29) is 23.0 Å². The standard InChI is InChI=1S/C30H40O4Si/c1-23(18-19-31)21-29(34-26(4)32)25(3)20-24(2)22-33-35(30(5,6)7,27-14-10-8-11-15-27)28-16-12-9-13-17-28/h8-20,25,29H,21-22H2,1-7H3/b23-18+,24-20+/t25-,29-/m1/s1. The van der Waals surface area contributed by atoms with Crippen molar-refractivity contribution in [1.82, 2.24) is 0 Å². The Morgan fingerprint density at radius 3 is 1.86 bits per heavy atom. The van der Waals surface area contributed by atoms with Crippen molar-refractivity contribution in [2.45, 2.75) is 66.0 Å². The fraction of sp³-hybridized carbons (Fsp3) is 0.400. The van der Waals surface area contributed by atoms with Gasteiger partial charge < -0.3 is 9.16 Å². The van der Waals surface area contributed by atoms with Crippen molar-refractivity contribution in [3.05, 3.63) is 84.0 Å². The molecule has 0 aromatic heterocycles. The first kappa shape index (κ1) is 28.5. The molecule has 0 bridgehead atoms. The molecule has 2 aromatic carbocycles. The number of carbonyl (C=O) groups excluding carboxylic acids is 2. The summed E-state index contributed by atoms with van der Waals surface area (Å²) in [5.74, 6) is -0.355. The summed E-state index contributed by atoms with van der Waals surface area (Å²) >= 11 is 0. The average Bonchev–Trinajstić information content (AvgIpc) is 2.79. The van der Waals surface area contributed by atoms with Crippen LogP contribution < -0.4 is 10.4 Å². The van der Waals surface area contributed by atoms with Gasteiger partial charge in [0, 0.05) is 19.3 Å². The molecule has 2 atom stereocenters. The molecule has 0 N–H and O–H groups in total. The Kier molecular flexibility index (Phi) is 10.4. The minimum Gasteiger partial charge on any atom is -0.462 e. The third-order valence-corrected chi connectivity index (χ3v) is 11.2. The van der Waals surface area contributed by atoms with E-state index < -0.39 is 8.32 Å². The number of hydrogen-bond donors (Lipinski definition) is 0. The lowest BCUT2D eigenvalue weighted by atomic mass is 9.96. The molecular weight excluding hydrogens is 452 g/mol. The van der Waals surface area contributed by atoms with Crippen LogP contribution in [0.4, 0.5) is 0 Å². The Hall–Kier alpha value is -2.76. The van der Waals surface area contributed by atoms with Crippen molar-refractivity contribution in [2.24, 2.45) is 5.92 Å². The van der Waals surface area contributed by atoms with Gasteiger partial charge in [-0.25, -0.2) is 0 Å². The van der Waals surface area contributed by atoms with Crippen molar-refractivity contribution < 1.29 is 18.8 Å². The minimum atomic E-state index is -2.63. The summed E-state index contributed by atoms with van der Waals surface area (Å²) in [5.41, 5.74) is 1.97. The normalized spacial score (nSPS) is 14.8. The number of allylic oxidation sites excluding steroid dienone is 1. The Balaban J connectivity index is 2.39. The van der Waals surface area contributed by atoms with Crippen LogP contribution in [0.1, 0.15) is 54.9 Å². The zero-order valence-corrected chi connectivity index (χ0v) is 23.2. The molecule has 4 nitrogen and oxygen atoms in total. The predicted octanol–water partition coefficient (Wildman–Crippen LogP) is 5.61. The minimum absolute atomic E-state index is 0.0309. The maximum atomic E-state index is 11.7. The first-order chi connectivity index (χ1) is 16.5. The molecule has 0 spiro atoms. The molecule has 0 heterocycles. The van der Waals surface area contributed by atoms with Crippen LogP contribution >= 0.6 is 0 Å². The van der Waals surface area contributed by atoms with Crippen molar-refractivity contribution in [2.75, 3.05) is 6.61 Å². The summed E-state index contributed by atoms with van der Waals surface area (Å²) in [6.07, 6.45) is 4.58. The molecule has 5 heteroatoms. The van der Waals surface area contributed by atoms with Crippen LogP contribution in [0, 0.1) is 5.92 Å². The summed E-state index contributed by atoms with van der Waals surface area (Å²) in [6, 6.07) is 21.2. The molecule has 0 saturated carbocycles. The Bertz CT molecular complexity index is 980. The Labute approximate surface area is 212 Å². The smallest absolute Gasteiger partial charge is 0.302 e. The maximum Gasteiger partial charge on any atom is 0.302 e. The Morgan fingerprint density at radius 1 is 0.914 bits per heavy atom. The van der Waals surface area contributed by atoms with Crippen LogP contribution in [-0.4, -0.2) is 33.3 Å². The summed E-state index contributed by atoms with van der Waals surface area (Å²) in [6.45, 7) is 14.7. The van der Waals surface area contributed by atoms with Gasteiger partial charge in [0.1, 0.15) is 12.4 Å². The third kappa shape index (κ3) is 7.61. The van der Waals surface area contributed by atoms with Crippen LogP contribution in [0.2, 0.25) is 5.04 Å². The van der Waals surface area contributed by atoms with Gasteiger partial charge in [-0.05, 0) is 35.3 Å². The van der Waals surface area contributed by atoms with E-state index in [0.29, 0.717) is 13.0 Å². The van der Waals surface area contributed by atoms with E-state index in [1.54, 1.807) is 0 Å². The Morgan fingerprint density at radius 2 is 1.43 bits per heavy atom. The molecule has 0 aliphatic heterocycles. The fourth-order valence-corrected chi connectivity index (χ4v) is 9.24. The SMILES string of the molecule is CC(=O)O[C@H](C/C(C)=C/C=O)[C@H](C)/C=C(\C)CO[Si](c1ccccc1)(c1ccccc1)C(C)(C)C. The van der Waals surface area contributed by atoms with Gasteiger partial charge in [0.2, 0.25) is 0 Å². The quantitative estimate of drug-likeness (QED) is 0.134. The number of hydrogen-bond acceptors (Lipinski definition) is 4. The molecule has 0 amide bonds.